The van der Waals surface area contributed by atoms with Gasteiger partial charge in [0, 0.05) is 6.04 Å². The Balaban J connectivity index is 1.67. The normalized spacial score (nSPS) is 22.3. The van der Waals surface area contributed by atoms with Crippen molar-refractivity contribution in [1.29, 1.82) is 0 Å². The molecule has 22 heavy (non-hydrogen) atoms. The van der Waals surface area contributed by atoms with Gasteiger partial charge in [0.15, 0.2) is 0 Å². The van der Waals surface area contributed by atoms with Crippen LogP contribution in [-0.4, -0.2) is 32.9 Å². The van der Waals surface area contributed by atoms with Crippen LogP contribution >= 0.6 is 0 Å². The summed E-state index contributed by atoms with van der Waals surface area (Å²) >= 11 is 0. The van der Waals surface area contributed by atoms with Gasteiger partial charge in [0.05, 0.1) is 17.0 Å². The van der Waals surface area contributed by atoms with Gasteiger partial charge < -0.3 is 10.4 Å². The molecule has 0 radical (unpaired) electrons. The number of amides is 1. The second-order valence-corrected chi connectivity index (χ2v) is 6.02. The van der Waals surface area contributed by atoms with Crippen molar-refractivity contribution >= 4 is 16.8 Å². The van der Waals surface area contributed by atoms with Crippen LogP contribution in [0.5, 0.6) is 0 Å². The molecule has 1 aromatic heterocycles. The third kappa shape index (κ3) is 2.78. The van der Waals surface area contributed by atoms with Crippen molar-refractivity contribution in [1.82, 2.24) is 15.1 Å². The molecule has 118 valence electrons. The van der Waals surface area contributed by atoms with E-state index in [1.807, 2.05) is 19.1 Å². The minimum atomic E-state index is -0.229. The summed E-state index contributed by atoms with van der Waals surface area (Å²) in [5.41, 5.74) is 0.548. The van der Waals surface area contributed by atoms with E-state index in [2.05, 4.69) is 10.4 Å². The van der Waals surface area contributed by atoms with Crippen LogP contribution in [0.25, 0.3) is 10.9 Å². The topological polar surface area (TPSA) is 87.1 Å². The molecule has 3 rings (SSSR count). The molecule has 0 aliphatic heterocycles. The predicted molar refractivity (Wildman–Crippen MR) is 83.5 cm³/mol. The lowest BCUT2D eigenvalue weighted by molar-refractivity contribution is -0.123. The van der Waals surface area contributed by atoms with Gasteiger partial charge in [-0.1, -0.05) is 19.1 Å². The molecule has 0 unspecified atom stereocenters. The first kappa shape index (κ1) is 14.8. The molecule has 1 heterocycles. The Hall–Kier alpha value is -2.08. The number of aromatic amines is 1. The number of rotatable bonds is 5. The zero-order chi connectivity index (χ0) is 15.7. The van der Waals surface area contributed by atoms with Crippen LogP contribution in [-0.2, 0) is 11.3 Å². The van der Waals surface area contributed by atoms with Gasteiger partial charge in [-0.25, -0.2) is 4.68 Å². The van der Waals surface area contributed by atoms with E-state index in [1.165, 1.54) is 4.68 Å². The summed E-state index contributed by atoms with van der Waals surface area (Å²) in [5, 5.41) is 15.9. The summed E-state index contributed by atoms with van der Waals surface area (Å²) in [6.45, 7) is 2.00. The second kappa shape index (κ2) is 5.96. The summed E-state index contributed by atoms with van der Waals surface area (Å²) in [5.74, 6) is 0.158. The van der Waals surface area contributed by atoms with Crippen molar-refractivity contribution in [2.75, 3.05) is 0 Å². The lowest BCUT2D eigenvalue weighted by Crippen LogP contribution is -2.48. The number of aromatic nitrogens is 2. The molecule has 1 aliphatic rings. The van der Waals surface area contributed by atoms with Crippen molar-refractivity contribution in [3.63, 3.8) is 0 Å². The number of fused-ring (bicyclic) bond motifs is 1. The quantitative estimate of drug-likeness (QED) is 0.770. The number of aliphatic hydroxyl groups excluding tert-OH is 1. The number of H-pyrrole nitrogens is 1. The fourth-order valence-corrected chi connectivity index (χ4v) is 3.13. The van der Waals surface area contributed by atoms with Crippen molar-refractivity contribution in [2.45, 2.75) is 44.9 Å². The Kier molecular flexibility index (Phi) is 4.02. The van der Waals surface area contributed by atoms with Crippen LogP contribution in [0.1, 0.15) is 26.2 Å². The van der Waals surface area contributed by atoms with Gasteiger partial charge in [0.1, 0.15) is 6.54 Å². The molecule has 1 aromatic carbocycles. The summed E-state index contributed by atoms with van der Waals surface area (Å²) in [6, 6.07) is 7.27. The van der Waals surface area contributed by atoms with Crippen LogP contribution in [0.2, 0.25) is 0 Å². The van der Waals surface area contributed by atoms with E-state index in [9.17, 15) is 14.7 Å². The van der Waals surface area contributed by atoms with Crippen LogP contribution in [0, 0.1) is 5.92 Å². The number of nitrogens with zero attached hydrogens (tertiary/aromatic N) is 1. The molecule has 1 saturated carbocycles. The maximum Gasteiger partial charge on any atom is 0.274 e. The van der Waals surface area contributed by atoms with Gasteiger partial charge in [0.2, 0.25) is 5.91 Å². The van der Waals surface area contributed by atoms with E-state index in [4.69, 9.17) is 0 Å². The molecular formula is C16H21N3O3. The van der Waals surface area contributed by atoms with Crippen molar-refractivity contribution in [3.8, 4) is 0 Å². The van der Waals surface area contributed by atoms with E-state index >= 15 is 0 Å². The maximum atomic E-state index is 12.2. The minimum absolute atomic E-state index is 0.0146. The molecule has 1 atom stereocenters. The minimum Gasteiger partial charge on any atom is -0.393 e. The fourth-order valence-electron chi connectivity index (χ4n) is 3.13. The number of benzene rings is 1. The Morgan fingerprint density at radius 3 is 2.82 bits per heavy atom. The lowest BCUT2D eigenvalue weighted by atomic mass is 9.76. The summed E-state index contributed by atoms with van der Waals surface area (Å²) in [6.07, 6.45) is 2.08. The number of para-hydroxylation sites is 1. The molecule has 1 amide bonds. The van der Waals surface area contributed by atoms with E-state index in [1.54, 1.807) is 12.1 Å². The fraction of sp³-hybridized carbons (Fsp3) is 0.500. The molecule has 0 bridgehead atoms. The molecule has 1 aliphatic carbocycles. The second-order valence-electron chi connectivity index (χ2n) is 6.02. The Bertz CT molecular complexity index is 728. The van der Waals surface area contributed by atoms with Crippen LogP contribution in [0.15, 0.2) is 29.1 Å². The smallest absolute Gasteiger partial charge is 0.274 e. The molecule has 0 saturated heterocycles. The third-order valence-corrected chi connectivity index (χ3v) is 4.46. The Morgan fingerprint density at radius 1 is 1.45 bits per heavy atom. The Morgan fingerprint density at radius 2 is 2.18 bits per heavy atom. The van der Waals surface area contributed by atoms with E-state index in [0.717, 1.165) is 24.8 Å². The van der Waals surface area contributed by atoms with Crippen LogP contribution < -0.4 is 10.9 Å². The molecule has 6 heteroatoms. The van der Waals surface area contributed by atoms with E-state index < -0.39 is 0 Å². The number of aliphatic hydroxyl groups is 1. The zero-order valence-electron chi connectivity index (χ0n) is 12.6. The first-order chi connectivity index (χ1) is 10.6. The highest BCUT2D eigenvalue weighted by molar-refractivity contribution is 5.79. The molecule has 6 nitrogen and oxygen atoms in total. The largest absolute Gasteiger partial charge is 0.393 e. The van der Waals surface area contributed by atoms with Gasteiger partial charge in [-0.15, -0.1) is 0 Å². The SMILES string of the molecule is CC[C@@H](NC(=O)Cn1[nH]c2ccccc2c1=O)C1CC(O)C1. The van der Waals surface area contributed by atoms with Crippen molar-refractivity contribution < 1.29 is 9.90 Å². The summed E-state index contributed by atoms with van der Waals surface area (Å²) < 4.78 is 1.34. The highest BCUT2D eigenvalue weighted by atomic mass is 16.3. The molecule has 3 N–H and O–H groups in total. The molecule has 1 fully saturated rings. The standard InChI is InChI=1S/C16H21N3O3/c1-2-13(10-7-11(20)8-10)17-15(21)9-19-16(22)12-5-3-4-6-14(12)18-19/h3-6,10-11,13,18,20H,2,7-9H2,1H3,(H,17,21)/t10?,11?,13-/m1/s1. The van der Waals surface area contributed by atoms with E-state index in [-0.39, 0.29) is 30.2 Å². The predicted octanol–water partition coefficient (Wildman–Crippen LogP) is 0.995. The zero-order valence-corrected chi connectivity index (χ0v) is 12.6. The van der Waals surface area contributed by atoms with Gasteiger partial charge in [0.25, 0.3) is 5.56 Å². The average Bonchev–Trinajstić information content (AvgIpc) is 2.79. The molecule has 0 spiro atoms. The summed E-state index contributed by atoms with van der Waals surface area (Å²) in [4.78, 5) is 24.4. The Labute approximate surface area is 128 Å². The average molecular weight is 303 g/mol. The highest BCUT2D eigenvalue weighted by Crippen LogP contribution is 2.31. The maximum absolute atomic E-state index is 12.2. The third-order valence-electron chi connectivity index (χ3n) is 4.46. The monoisotopic (exact) mass is 303 g/mol. The number of nitrogens with one attached hydrogen (secondary N) is 2. The van der Waals surface area contributed by atoms with Gasteiger partial charge in [-0.05, 0) is 37.3 Å². The van der Waals surface area contributed by atoms with Crippen molar-refractivity contribution in [2.24, 2.45) is 5.92 Å². The molecule has 2 aromatic rings. The van der Waals surface area contributed by atoms with Gasteiger partial charge in [-0.3, -0.25) is 14.7 Å². The highest BCUT2D eigenvalue weighted by Gasteiger charge is 2.33. The number of carbonyl (C=O) groups is 1. The lowest BCUT2D eigenvalue weighted by Gasteiger charge is -2.37. The van der Waals surface area contributed by atoms with Gasteiger partial charge >= 0.3 is 0 Å². The number of hydrogen-bond acceptors (Lipinski definition) is 3. The van der Waals surface area contributed by atoms with Gasteiger partial charge in [-0.2, -0.15) is 0 Å². The summed E-state index contributed by atoms with van der Waals surface area (Å²) in [7, 11) is 0. The number of hydrogen-bond donors (Lipinski definition) is 3. The van der Waals surface area contributed by atoms with Crippen LogP contribution in [0.3, 0.4) is 0 Å². The van der Waals surface area contributed by atoms with E-state index in [0.29, 0.717) is 11.3 Å². The number of carbonyl (C=O) groups excluding carboxylic acids is 1. The van der Waals surface area contributed by atoms with Crippen LogP contribution in [0.4, 0.5) is 0 Å². The first-order valence-corrected chi connectivity index (χ1v) is 7.73. The first-order valence-electron chi connectivity index (χ1n) is 7.73. The molecular weight excluding hydrogens is 282 g/mol. The van der Waals surface area contributed by atoms with Crippen molar-refractivity contribution in [3.05, 3.63) is 34.6 Å².